The summed E-state index contributed by atoms with van der Waals surface area (Å²) >= 11 is 0. The topological polar surface area (TPSA) is 95.9 Å². The number of rotatable bonds is 42. The number of aliphatic hydroxyl groups excluding tert-OH is 2. The molecular weight excluding hydrogens is 671 g/mol. The molecule has 0 aliphatic carbocycles. The van der Waals surface area contributed by atoms with E-state index in [9.17, 15) is 19.8 Å². The van der Waals surface area contributed by atoms with Gasteiger partial charge in [-0.3, -0.25) is 9.59 Å². The predicted octanol–water partition coefficient (Wildman–Crippen LogP) is 13.6. The summed E-state index contributed by atoms with van der Waals surface area (Å²) in [5.41, 5.74) is 0. The van der Waals surface area contributed by atoms with E-state index in [4.69, 9.17) is 4.74 Å². The minimum absolute atomic E-state index is 0.0663. The molecule has 6 nitrogen and oxygen atoms in total. The molecule has 0 rings (SSSR count). The van der Waals surface area contributed by atoms with Crippen LogP contribution in [0.3, 0.4) is 0 Å². The van der Waals surface area contributed by atoms with Crippen molar-refractivity contribution in [1.82, 2.24) is 5.32 Å². The zero-order valence-corrected chi connectivity index (χ0v) is 36.1. The molecule has 0 aromatic rings. The van der Waals surface area contributed by atoms with Crippen molar-refractivity contribution in [2.75, 3.05) is 6.61 Å². The molecule has 0 saturated heterocycles. The first-order valence-corrected chi connectivity index (χ1v) is 23.6. The summed E-state index contributed by atoms with van der Waals surface area (Å²) < 4.78 is 5.89. The van der Waals surface area contributed by atoms with E-state index in [0.29, 0.717) is 19.3 Å². The van der Waals surface area contributed by atoms with Gasteiger partial charge in [-0.2, -0.15) is 0 Å². The van der Waals surface area contributed by atoms with Gasteiger partial charge >= 0.3 is 5.97 Å². The van der Waals surface area contributed by atoms with Crippen LogP contribution in [0.4, 0.5) is 0 Å². The predicted molar refractivity (Wildman–Crippen MR) is 232 cm³/mol. The summed E-state index contributed by atoms with van der Waals surface area (Å²) in [5, 5.41) is 23.6. The van der Waals surface area contributed by atoms with Crippen LogP contribution in [-0.4, -0.2) is 46.9 Å². The maximum Gasteiger partial charge on any atom is 0.306 e. The normalized spacial score (nSPS) is 13.5. The monoisotopic (exact) mass is 762 g/mol. The molecule has 3 atom stereocenters. The van der Waals surface area contributed by atoms with Crippen LogP contribution in [0.25, 0.3) is 0 Å². The van der Waals surface area contributed by atoms with Crippen molar-refractivity contribution in [3.8, 4) is 0 Å². The van der Waals surface area contributed by atoms with Gasteiger partial charge in [0.05, 0.1) is 25.2 Å². The molecule has 0 fully saturated rings. The smallest absolute Gasteiger partial charge is 0.306 e. The van der Waals surface area contributed by atoms with Crippen LogP contribution in [0, 0.1) is 0 Å². The molecule has 0 saturated carbocycles. The van der Waals surface area contributed by atoms with Crippen LogP contribution >= 0.6 is 0 Å². The Labute approximate surface area is 335 Å². The Hall–Kier alpha value is -1.66. The first-order chi connectivity index (χ1) is 26.5. The summed E-state index contributed by atoms with van der Waals surface area (Å²) in [6.45, 7) is 6.42. The fourth-order valence-electron chi connectivity index (χ4n) is 7.12. The van der Waals surface area contributed by atoms with Crippen LogP contribution < -0.4 is 5.32 Å². The number of carbonyl (C=O) groups is 2. The van der Waals surface area contributed by atoms with E-state index in [1.807, 2.05) is 0 Å². The van der Waals surface area contributed by atoms with Crippen molar-refractivity contribution in [2.45, 2.75) is 264 Å². The average Bonchev–Trinajstić information content (AvgIpc) is 3.16. The molecule has 0 bridgehead atoms. The van der Waals surface area contributed by atoms with Gasteiger partial charge in [-0.25, -0.2) is 0 Å². The molecular formula is C48H91NO5. The minimum Gasteiger partial charge on any atom is -0.462 e. The van der Waals surface area contributed by atoms with Gasteiger partial charge in [-0.1, -0.05) is 180 Å². The summed E-state index contributed by atoms with van der Waals surface area (Å²) in [5.74, 6) is -0.496. The standard InChI is InChI=1S/C48H91NO5/c1-4-7-10-13-16-19-21-22-23-24-25-26-29-32-35-38-41-48(53)54-44(39-36-33-30-28-20-17-14-11-8-5-2)42-47(52)49-45(43-50)46(51)40-37-34-31-27-18-15-12-9-6-3/h17,20,23-24,44-46,50-51H,4-16,18-19,21-22,25-43H2,1-3H3,(H,49,52)/b20-17-,24-23+. The molecule has 0 radical (unpaired) electrons. The minimum atomic E-state index is -0.787. The van der Waals surface area contributed by atoms with Crippen molar-refractivity contribution in [3.63, 3.8) is 0 Å². The maximum atomic E-state index is 13.1. The maximum absolute atomic E-state index is 13.1. The molecule has 318 valence electrons. The van der Waals surface area contributed by atoms with Gasteiger partial charge in [0.1, 0.15) is 6.10 Å². The fraction of sp³-hybridized carbons (Fsp3) is 0.875. The highest BCUT2D eigenvalue weighted by Gasteiger charge is 2.24. The molecule has 54 heavy (non-hydrogen) atoms. The van der Waals surface area contributed by atoms with E-state index in [1.165, 1.54) is 122 Å². The Morgan fingerprint density at radius 3 is 1.37 bits per heavy atom. The van der Waals surface area contributed by atoms with Crippen molar-refractivity contribution < 1.29 is 24.5 Å². The van der Waals surface area contributed by atoms with Crippen molar-refractivity contribution >= 4 is 11.9 Å². The van der Waals surface area contributed by atoms with Gasteiger partial charge in [0.15, 0.2) is 0 Å². The number of carbonyl (C=O) groups excluding carboxylic acids is 2. The van der Waals surface area contributed by atoms with Gasteiger partial charge in [0.2, 0.25) is 5.91 Å². The number of ether oxygens (including phenoxy) is 1. The lowest BCUT2D eigenvalue weighted by Gasteiger charge is -2.24. The third kappa shape index (κ3) is 37.3. The zero-order chi connectivity index (χ0) is 39.6. The van der Waals surface area contributed by atoms with Crippen LogP contribution in [-0.2, 0) is 14.3 Å². The Morgan fingerprint density at radius 1 is 0.519 bits per heavy atom. The largest absolute Gasteiger partial charge is 0.462 e. The number of hydrogen-bond acceptors (Lipinski definition) is 5. The van der Waals surface area contributed by atoms with Crippen molar-refractivity contribution in [3.05, 3.63) is 24.3 Å². The third-order valence-corrected chi connectivity index (χ3v) is 10.8. The van der Waals surface area contributed by atoms with Crippen LogP contribution in [0.2, 0.25) is 0 Å². The van der Waals surface area contributed by atoms with E-state index in [1.54, 1.807) is 0 Å². The van der Waals surface area contributed by atoms with Crippen LogP contribution in [0.5, 0.6) is 0 Å². The third-order valence-electron chi connectivity index (χ3n) is 10.8. The van der Waals surface area contributed by atoms with E-state index < -0.39 is 18.2 Å². The number of aliphatic hydroxyl groups is 2. The second-order valence-corrected chi connectivity index (χ2v) is 16.2. The number of amides is 1. The van der Waals surface area contributed by atoms with Crippen LogP contribution in [0.1, 0.15) is 245 Å². The second-order valence-electron chi connectivity index (χ2n) is 16.2. The summed E-state index contributed by atoms with van der Waals surface area (Å²) in [4.78, 5) is 26.0. The average molecular weight is 762 g/mol. The molecule has 0 aliphatic heterocycles. The fourth-order valence-corrected chi connectivity index (χ4v) is 7.12. The number of esters is 1. The van der Waals surface area contributed by atoms with E-state index in [-0.39, 0.29) is 24.9 Å². The molecule has 3 N–H and O–H groups in total. The lowest BCUT2D eigenvalue weighted by atomic mass is 10.0. The van der Waals surface area contributed by atoms with Gasteiger partial charge in [0, 0.05) is 6.42 Å². The molecule has 0 aromatic carbocycles. The highest BCUT2D eigenvalue weighted by atomic mass is 16.5. The number of nitrogens with one attached hydrogen (secondary N) is 1. The van der Waals surface area contributed by atoms with Crippen molar-refractivity contribution in [2.24, 2.45) is 0 Å². The van der Waals surface area contributed by atoms with Gasteiger partial charge in [0.25, 0.3) is 0 Å². The van der Waals surface area contributed by atoms with E-state index >= 15 is 0 Å². The summed E-state index contributed by atoms with van der Waals surface area (Å²) in [7, 11) is 0. The molecule has 0 spiro atoms. The number of unbranched alkanes of at least 4 members (excludes halogenated alkanes) is 26. The summed E-state index contributed by atoms with van der Waals surface area (Å²) in [6, 6.07) is -0.701. The summed E-state index contributed by atoms with van der Waals surface area (Å²) in [6.07, 6.45) is 46.7. The molecule has 0 heterocycles. The lowest BCUT2D eigenvalue weighted by Crippen LogP contribution is -2.46. The first kappa shape index (κ1) is 52.3. The van der Waals surface area contributed by atoms with Crippen LogP contribution in [0.15, 0.2) is 24.3 Å². The quantitative estimate of drug-likeness (QED) is 0.0327. The van der Waals surface area contributed by atoms with Gasteiger partial charge in [-0.05, 0) is 77.0 Å². The molecule has 0 aliphatic rings. The number of allylic oxidation sites excluding steroid dienone is 4. The number of hydrogen-bond donors (Lipinski definition) is 3. The molecule has 0 aromatic heterocycles. The molecule has 6 heteroatoms. The molecule has 1 amide bonds. The van der Waals surface area contributed by atoms with Crippen molar-refractivity contribution in [1.29, 1.82) is 0 Å². The Morgan fingerprint density at radius 2 is 0.889 bits per heavy atom. The van der Waals surface area contributed by atoms with Gasteiger partial charge < -0.3 is 20.3 Å². The SMILES string of the molecule is CCCCC/C=C\CCCCCC(CC(=O)NC(CO)C(O)CCCCCCCCCCC)OC(=O)CCCCCCC/C=C/CCCCCCCCC. The zero-order valence-electron chi connectivity index (χ0n) is 36.1. The highest BCUT2D eigenvalue weighted by molar-refractivity contribution is 5.77. The van der Waals surface area contributed by atoms with E-state index in [2.05, 4.69) is 50.4 Å². The van der Waals surface area contributed by atoms with E-state index in [0.717, 1.165) is 77.0 Å². The van der Waals surface area contributed by atoms with Gasteiger partial charge in [-0.15, -0.1) is 0 Å². The Bertz CT molecular complexity index is 858. The first-order valence-electron chi connectivity index (χ1n) is 23.6. The lowest BCUT2D eigenvalue weighted by molar-refractivity contribution is -0.151. The molecule has 3 unspecified atom stereocenters. The Kier molecular flexibility index (Phi) is 41.2. The second kappa shape index (κ2) is 42.5. The highest BCUT2D eigenvalue weighted by Crippen LogP contribution is 2.17. The Balaban J connectivity index is 4.53.